The zero-order valence-electron chi connectivity index (χ0n) is 12.6. The second kappa shape index (κ2) is 8.46. The lowest BCUT2D eigenvalue weighted by molar-refractivity contribution is -0.121. The number of phenols is 1. The molecule has 0 radical (unpaired) electrons. The topological polar surface area (TPSA) is 70.6 Å². The zero-order valence-corrected chi connectivity index (χ0v) is 16.6. The molecule has 0 atom stereocenters. The summed E-state index contributed by atoms with van der Waals surface area (Å²) in [6.45, 7) is 1.76. The van der Waals surface area contributed by atoms with E-state index in [1.165, 1.54) is 0 Å². The number of para-hydroxylation sites is 1. The lowest BCUT2D eigenvalue weighted by atomic mass is 10.2. The second-order valence-electron chi connectivity index (χ2n) is 4.84. The molecule has 0 unspecified atom stereocenters. The van der Waals surface area contributed by atoms with E-state index in [0.29, 0.717) is 20.4 Å². The first-order valence-electron chi connectivity index (χ1n) is 6.84. The standard InChI is InChI=1S/C16H14Br2N2O3S/c1-9-4-2-3-5-13(9)23-8-14(21)20-16(24)19-10-6-11(17)15(22)12(18)7-10/h2-7,22H,8H2,1H3,(H2,19,20,21,24). The van der Waals surface area contributed by atoms with Crippen molar-refractivity contribution < 1.29 is 14.6 Å². The van der Waals surface area contributed by atoms with Gasteiger partial charge in [0, 0.05) is 5.69 Å². The van der Waals surface area contributed by atoms with Crippen LogP contribution in [0.4, 0.5) is 5.69 Å². The van der Waals surface area contributed by atoms with E-state index in [1.807, 2.05) is 25.1 Å². The number of anilines is 1. The van der Waals surface area contributed by atoms with Crippen LogP contribution in [0.1, 0.15) is 5.56 Å². The fraction of sp³-hybridized carbons (Fsp3) is 0.125. The van der Waals surface area contributed by atoms with Crippen molar-refractivity contribution in [1.29, 1.82) is 0 Å². The number of ether oxygens (including phenoxy) is 1. The summed E-state index contributed by atoms with van der Waals surface area (Å²) >= 11 is 11.5. The lowest BCUT2D eigenvalue weighted by Crippen LogP contribution is -2.37. The summed E-state index contributed by atoms with van der Waals surface area (Å²) in [4.78, 5) is 11.9. The summed E-state index contributed by atoms with van der Waals surface area (Å²) in [5.74, 6) is 0.368. The summed E-state index contributed by atoms with van der Waals surface area (Å²) in [5.41, 5.74) is 1.56. The van der Waals surface area contributed by atoms with Gasteiger partial charge in [-0.15, -0.1) is 0 Å². The van der Waals surface area contributed by atoms with Gasteiger partial charge in [0.25, 0.3) is 5.91 Å². The Kier molecular flexibility index (Phi) is 6.59. The fourth-order valence-electron chi connectivity index (χ4n) is 1.82. The molecule has 0 saturated carbocycles. The predicted octanol–water partition coefficient (Wildman–Crippen LogP) is 4.12. The zero-order chi connectivity index (χ0) is 17.7. The largest absolute Gasteiger partial charge is 0.506 e. The van der Waals surface area contributed by atoms with Crippen molar-refractivity contribution in [3.63, 3.8) is 0 Å². The number of hydrogen-bond donors (Lipinski definition) is 3. The predicted molar refractivity (Wildman–Crippen MR) is 105 cm³/mol. The van der Waals surface area contributed by atoms with E-state index in [1.54, 1.807) is 18.2 Å². The van der Waals surface area contributed by atoms with Crippen LogP contribution < -0.4 is 15.4 Å². The first-order valence-corrected chi connectivity index (χ1v) is 8.83. The van der Waals surface area contributed by atoms with Crippen molar-refractivity contribution in [1.82, 2.24) is 5.32 Å². The van der Waals surface area contributed by atoms with Crippen molar-refractivity contribution in [2.45, 2.75) is 6.92 Å². The molecule has 0 bridgehead atoms. The smallest absolute Gasteiger partial charge is 0.264 e. The Morgan fingerprint density at radius 3 is 2.50 bits per heavy atom. The Morgan fingerprint density at radius 2 is 1.88 bits per heavy atom. The highest BCUT2D eigenvalue weighted by Crippen LogP contribution is 2.35. The van der Waals surface area contributed by atoms with Gasteiger partial charge in [0.05, 0.1) is 8.95 Å². The van der Waals surface area contributed by atoms with Gasteiger partial charge < -0.3 is 15.2 Å². The van der Waals surface area contributed by atoms with E-state index in [9.17, 15) is 9.90 Å². The van der Waals surface area contributed by atoms with Crippen molar-refractivity contribution in [3.05, 3.63) is 50.9 Å². The van der Waals surface area contributed by atoms with Crippen LogP contribution >= 0.6 is 44.1 Å². The van der Waals surface area contributed by atoms with Gasteiger partial charge in [0.15, 0.2) is 11.7 Å². The van der Waals surface area contributed by atoms with E-state index in [4.69, 9.17) is 17.0 Å². The minimum absolute atomic E-state index is 0.0853. The molecule has 2 rings (SSSR count). The number of carbonyl (C=O) groups excluding carboxylic acids is 1. The van der Waals surface area contributed by atoms with Gasteiger partial charge in [-0.25, -0.2) is 0 Å². The number of aromatic hydroxyl groups is 1. The van der Waals surface area contributed by atoms with Crippen LogP contribution in [-0.4, -0.2) is 22.7 Å². The number of nitrogens with one attached hydrogen (secondary N) is 2. The Labute approximate surface area is 161 Å². The average Bonchev–Trinajstić information content (AvgIpc) is 2.51. The van der Waals surface area contributed by atoms with E-state index in [2.05, 4.69) is 42.5 Å². The Hall–Kier alpha value is -1.64. The summed E-state index contributed by atoms with van der Waals surface area (Å²) in [6, 6.07) is 10.7. The van der Waals surface area contributed by atoms with Crippen LogP contribution in [0.25, 0.3) is 0 Å². The molecule has 3 N–H and O–H groups in total. The molecule has 0 aliphatic rings. The molecule has 0 heterocycles. The number of rotatable bonds is 4. The minimum Gasteiger partial charge on any atom is -0.506 e. The molecule has 5 nitrogen and oxygen atoms in total. The van der Waals surface area contributed by atoms with Crippen molar-refractivity contribution in [2.24, 2.45) is 0 Å². The maximum Gasteiger partial charge on any atom is 0.264 e. The van der Waals surface area contributed by atoms with Gasteiger partial charge >= 0.3 is 0 Å². The molecule has 0 aliphatic carbocycles. The molecule has 0 aliphatic heterocycles. The van der Waals surface area contributed by atoms with E-state index >= 15 is 0 Å². The second-order valence-corrected chi connectivity index (χ2v) is 6.96. The molecule has 24 heavy (non-hydrogen) atoms. The quantitative estimate of drug-likeness (QED) is 0.460. The highest BCUT2D eigenvalue weighted by atomic mass is 79.9. The third-order valence-electron chi connectivity index (χ3n) is 2.98. The van der Waals surface area contributed by atoms with Gasteiger partial charge in [0.2, 0.25) is 0 Å². The molecular formula is C16H14Br2N2O3S. The Morgan fingerprint density at radius 1 is 1.25 bits per heavy atom. The van der Waals surface area contributed by atoms with Gasteiger partial charge in [-0.2, -0.15) is 0 Å². The molecule has 126 valence electrons. The number of hydrogen-bond acceptors (Lipinski definition) is 4. The maximum atomic E-state index is 11.9. The number of thiocarbonyl (C=S) groups is 1. The summed E-state index contributed by atoms with van der Waals surface area (Å²) in [6.07, 6.45) is 0. The van der Waals surface area contributed by atoms with Crippen LogP contribution in [-0.2, 0) is 4.79 Å². The van der Waals surface area contributed by atoms with E-state index < -0.39 is 0 Å². The average molecular weight is 474 g/mol. The summed E-state index contributed by atoms with van der Waals surface area (Å²) < 4.78 is 6.45. The van der Waals surface area contributed by atoms with Gasteiger partial charge in [-0.1, -0.05) is 18.2 Å². The van der Waals surface area contributed by atoms with E-state index in [-0.39, 0.29) is 23.4 Å². The molecule has 0 aromatic heterocycles. The molecule has 0 saturated heterocycles. The van der Waals surface area contributed by atoms with Crippen molar-refractivity contribution in [2.75, 3.05) is 11.9 Å². The molecule has 1 amide bonds. The molecule has 8 heteroatoms. The number of amides is 1. The summed E-state index contributed by atoms with van der Waals surface area (Å²) in [5, 5.41) is 15.2. The number of carbonyl (C=O) groups is 1. The third-order valence-corrected chi connectivity index (χ3v) is 4.39. The van der Waals surface area contributed by atoms with Crippen LogP contribution in [0, 0.1) is 6.92 Å². The normalized spacial score (nSPS) is 10.1. The highest BCUT2D eigenvalue weighted by molar-refractivity contribution is 9.11. The highest BCUT2D eigenvalue weighted by Gasteiger charge is 2.10. The van der Waals surface area contributed by atoms with Crippen LogP contribution in [0.15, 0.2) is 45.3 Å². The molecule has 0 spiro atoms. The lowest BCUT2D eigenvalue weighted by Gasteiger charge is -2.12. The van der Waals surface area contributed by atoms with Gasteiger partial charge in [-0.3, -0.25) is 10.1 Å². The van der Waals surface area contributed by atoms with Crippen molar-refractivity contribution in [3.8, 4) is 11.5 Å². The third kappa shape index (κ3) is 5.19. The van der Waals surface area contributed by atoms with Gasteiger partial charge in [0.1, 0.15) is 11.5 Å². The van der Waals surface area contributed by atoms with Crippen LogP contribution in [0.3, 0.4) is 0 Å². The van der Waals surface area contributed by atoms with Crippen LogP contribution in [0.2, 0.25) is 0 Å². The Bertz CT molecular complexity index is 761. The monoisotopic (exact) mass is 472 g/mol. The molecule has 2 aromatic carbocycles. The van der Waals surface area contributed by atoms with Crippen LogP contribution in [0.5, 0.6) is 11.5 Å². The van der Waals surface area contributed by atoms with E-state index in [0.717, 1.165) is 5.56 Å². The molecule has 0 fully saturated rings. The first-order chi connectivity index (χ1) is 11.4. The number of benzene rings is 2. The van der Waals surface area contributed by atoms with Crippen molar-refractivity contribution >= 4 is 60.8 Å². The Balaban J connectivity index is 1.88. The maximum absolute atomic E-state index is 11.9. The molecular weight excluding hydrogens is 460 g/mol. The number of phenolic OH excluding ortho intramolecular Hbond substituents is 1. The number of aryl methyl sites for hydroxylation is 1. The minimum atomic E-state index is -0.368. The first kappa shape index (κ1) is 18.7. The fourth-order valence-corrected chi connectivity index (χ4v) is 3.24. The summed E-state index contributed by atoms with van der Waals surface area (Å²) in [7, 11) is 0. The SMILES string of the molecule is Cc1ccccc1OCC(=O)NC(=S)Nc1cc(Br)c(O)c(Br)c1. The molecule has 2 aromatic rings. The number of halogens is 2. The van der Waals surface area contributed by atoms with Gasteiger partial charge in [-0.05, 0) is 74.8 Å².